The van der Waals surface area contributed by atoms with Crippen molar-refractivity contribution in [1.82, 2.24) is 4.98 Å². The third kappa shape index (κ3) is 1.44. The van der Waals surface area contributed by atoms with E-state index in [0.29, 0.717) is 12.0 Å². The molecule has 1 aromatic heterocycles. The van der Waals surface area contributed by atoms with Crippen molar-refractivity contribution in [3.63, 3.8) is 0 Å². The molecule has 0 aliphatic heterocycles. The summed E-state index contributed by atoms with van der Waals surface area (Å²) < 4.78 is 5.14. The summed E-state index contributed by atoms with van der Waals surface area (Å²) in [7, 11) is 0. The third-order valence-electron chi connectivity index (χ3n) is 1.96. The molecule has 0 unspecified atom stereocenters. The fraction of sp³-hybridized carbons (Fsp3) is 0.0909. The van der Waals surface area contributed by atoms with Gasteiger partial charge in [-0.1, -0.05) is 30.3 Å². The minimum absolute atomic E-state index is 0.126. The van der Waals surface area contributed by atoms with Gasteiger partial charge in [-0.2, -0.15) is 0 Å². The van der Waals surface area contributed by atoms with E-state index in [0.717, 1.165) is 11.3 Å². The van der Waals surface area contributed by atoms with Crippen molar-refractivity contribution in [1.29, 1.82) is 0 Å². The van der Waals surface area contributed by atoms with E-state index in [1.165, 1.54) is 0 Å². The van der Waals surface area contributed by atoms with Gasteiger partial charge in [0.1, 0.15) is 11.5 Å². The molecule has 0 spiro atoms. The zero-order valence-electron chi connectivity index (χ0n) is 7.73. The molecule has 2 aromatic rings. The van der Waals surface area contributed by atoms with Gasteiger partial charge in [0.2, 0.25) is 6.29 Å². The van der Waals surface area contributed by atoms with Gasteiger partial charge >= 0.3 is 0 Å². The molecule has 14 heavy (non-hydrogen) atoms. The second-order valence-electron chi connectivity index (χ2n) is 2.94. The first-order chi connectivity index (χ1) is 6.81. The van der Waals surface area contributed by atoms with E-state index in [1.54, 1.807) is 6.92 Å². The molecule has 0 saturated heterocycles. The Labute approximate surface area is 81.4 Å². The maximum absolute atomic E-state index is 10.4. The smallest absolute Gasteiger partial charge is 0.260 e. The number of hydrogen-bond acceptors (Lipinski definition) is 3. The van der Waals surface area contributed by atoms with Gasteiger partial charge < -0.3 is 4.42 Å². The Balaban J connectivity index is 2.51. The van der Waals surface area contributed by atoms with E-state index in [1.807, 2.05) is 30.3 Å². The van der Waals surface area contributed by atoms with Crippen LogP contribution in [0.1, 0.15) is 16.4 Å². The number of hydrogen-bond donors (Lipinski definition) is 0. The van der Waals surface area contributed by atoms with Crippen molar-refractivity contribution in [2.45, 2.75) is 6.92 Å². The molecule has 70 valence electrons. The standard InChI is InChI=1S/C11H9NO2/c1-8-11(12-10(7-13)14-8)9-5-3-2-4-6-9/h2-7H,1H3. The van der Waals surface area contributed by atoms with Gasteiger partial charge in [0.05, 0.1) is 0 Å². The predicted molar refractivity (Wildman–Crippen MR) is 52.1 cm³/mol. The first kappa shape index (κ1) is 8.69. The van der Waals surface area contributed by atoms with Gasteiger partial charge in [0.15, 0.2) is 0 Å². The molecule has 0 fully saturated rings. The first-order valence-corrected chi connectivity index (χ1v) is 4.29. The third-order valence-corrected chi connectivity index (χ3v) is 1.96. The molecule has 2 rings (SSSR count). The molecule has 0 saturated carbocycles. The number of aldehydes is 1. The van der Waals surface area contributed by atoms with E-state index in [9.17, 15) is 4.79 Å². The number of benzene rings is 1. The maximum Gasteiger partial charge on any atom is 0.260 e. The molecule has 1 heterocycles. The normalized spacial score (nSPS) is 10.1. The Morgan fingerprint density at radius 1 is 1.29 bits per heavy atom. The zero-order valence-corrected chi connectivity index (χ0v) is 7.73. The molecule has 1 aromatic carbocycles. The average molecular weight is 187 g/mol. The van der Waals surface area contributed by atoms with Crippen LogP contribution in [0.3, 0.4) is 0 Å². The lowest BCUT2D eigenvalue weighted by Crippen LogP contribution is -1.81. The minimum Gasteiger partial charge on any atom is -0.439 e. The fourth-order valence-electron chi connectivity index (χ4n) is 1.33. The Morgan fingerprint density at radius 3 is 2.57 bits per heavy atom. The number of nitrogens with zero attached hydrogens (tertiary/aromatic N) is 1. The van der Waals surface area contributed by atoms with Crippen molar-refractivity contribution in [2.75, 3.05) is 0 Å². The second-order valence-corrected chi connectivity index (χ2v) is 2.94. The SMILES string of the molecule is Cc1oc(C=O)nc1-c1ccccc1. The molecule has 0 bridgehead atoms. The molecular formula is C11H9NO2. The summed E-state index contributed by atoms with van der Waals surface area (Å²) in [5, 5.41) is 0. The lowest BCUT2D eigenvalue weighted by atomic mass is 10.1. The van der Waals surface area contributed by atoms with Crippen molar-refractivity contribution >= 4 is 6.29 Å². The first-order valence-electron chi connectivity index (χ1n) is 4.29. The monoisotopic (exact) mass is 187 g/mol. The highest BCUT2D eigenvalue weighted by Crippen LogP contribution is 2.22. The van der Waals surface area contributed by atoms with E-state index in [4.69, 9.17) is 4.42 Å². The number of carbonyl (C=O) groups excluding carboxylic acids is 1. The van der Waals surface area contributed by atoms with Crippen LogP contribution in [0.4, 0.5) is 0 Å². The van der Waals surface area contributed by atoms with Crippen LogP contribution in [0.25, 0.3) is 11.3 Å². The molecule has 0 amide bonds. The number of aromatic nitrogens is 1. The van der Waals surface area contributed by atoms with Crippen LogP contribution < -0.4 is 0 Å². The van der Waals surface area contributed by atoms with Crippen LogP contribution in [0.5, 0.6) is 0 Å². The molecule has 0 aliphatic carbocycles. The van der Waals surface area contributed by atoms with Gasteiger partial charge in [-0.3, -0.25) is 4.79 Å². The van der Waals surface area contributed by atoms with E-state index < -0.39 is 0 Å². The van der Waals surface area contributed by atoms with Crippen molar-refractivity contribution in [3.8, 4) is 11.3 Å². The molecule has 0 radical (unpaired) electrons. The molecule has 0 N–H and O–H groups in total. The van der Waals surface area contributed by atoms with Gasteiger partial charge in [-0.05, 0) is 6.92 Å². The summed E-state index contributed by atoms with van der Waals surface area (Å²) in [5.41, 5.74) is 1.69. The van der Waals surface area contributed by atoms with Gasteiger partial charge in [0, 0.05) is 5.56 Å². The summed E-state index contributed by atoms with van der Waals surface area (Å²) in [6, 6.07) is 9.63. The fourth-order valence-corrected chi connectivity index (χ4v) is 1.33. The number of carbonyl (C=O) groups is 1. The summed E-state index contributed by atoms with van der Waals surface area (Å²) >= 11 is 0. The van der Waals surface area contributed by atoms with E-state index >= 15 is 0 Å². The van der Waals surface area contributed by atoms with E-state index in [-0.39, 0.29) is 5.89 Å². The quantitative estimate of drug-likeness (QED) is 0.678. The van der Waals surface area contributed by atoms with Crippen LogP contribution in [-0.2, 0) is 0 Å². The molecular weight excluding hydrogens is 178 g/mol. The highest BCUT2D eigenvalue weighted by Gasteiger charge is 2.09. The lowest BCUT2D eigenvalue weighted by Gasteiger charge is -1.94. The van der Waals surface area contributed by atoms with Gasteiger partial charge in [0.25, 0.3) is 5.89 Å². The van der Waals surface area contributed by atoms with Crippen molar-refractivity contribution in [3.05, 3.63) is 42.0 Å². The molecule has 3 nitrogen and oxygen atoms in total. The maximum atomic E-state index is 10.4. The highest BCUT2D eigenvalue weighted by molar-refractivity contribution is 5.71. The Morgan fingerprint density at radius 2 is 2.00 bits per heavy atom. The summed E-state index contributed by atoms with van der Waals surface area (Å²) in [5.74, 6) is 0.791. The summed E-state index contributed by atoms with van der Waals surface area (Å²) in [6.45, 7) is 1.79. The molecule has 0 aliphatic rings. The Bertz CT molecular complexity index is 446. The summed E-state index contributed by atoms with van der Waals surface area (Å²) in [6.07, 6.45) is 0.611. The Hall–Kier alpha value is -1.90. The predicted octanol–water partition coefficient (Wildman–Crippen LogP) is 2.46. The Kier molecular flexibility index (Phi) is 2.14. The molecule has 0 atom stereocenters. The van der Waals surface area contributed by atoms with Crippen LogP contribution >= 0.6 is 0 Å². The molecule has 3 heteroatoms. The second kappa shape index (κ2) is 3.46. The number of oxazole rings is 1. The van der Waals surface area contributed by atoms with Crippen LogP contribution in [-0.4, -0.2) is 11.3 Å². The van der Waals surface area contributed by atoms with Crippen LogP contribution in [0, 0.1) is 6.92 Å². The van der Waals surface area contributed by atoms with E-state index in [2.05, 4.69) is 4.98 Å². The van der Waals surface area contributed by atoms with Gasteiger partial charge in [-0.25, -0.2) is 4.98 Å². The lowest BCUT2D eigenvalue weighted by molar-refractivity contribution is 0.109. The highest BCUT2D eigenvalue weighted by atomic mass is 16.4. The zero-order chi connectivity index (χ0) is 9.97. The van der Waals surface area contributed by atoms with Crippen LogP contribution in [0.2, 0.25) is 0 Å². The summed E-state index contributed by atoms with van der Waals surface area (Å²) in [4.78, 5) is 14.5. The number of rotatable bonds is 2. The number of aryl methyl sites for hydroxylation is 1. The average Bonchev–Trinajstić information content (AvgIpc) is 2.61. The largest absolute Gasteiger partial charge is 0.439 e. The minimum atomic E-state index is 0.126. The topological polar surface area (TPSA) is 43.1 Å². The van der Waals surface area contributed by atoms with Crippen LogP contribution in [0.15, 0.2) is 34.7 Å². The van der Waals surface area contributed by atoms with Crippen molar-refractivity contribution in [2.24, 2.45) is 0 Å². The van der Waals surface area contributed by atoms with Gasteiger partial charge in [-0.15, -0.1) is 0 Å². The van der Waals surface area contributed by atoms with Crippen molar-refractivity contribution < 1.29 is 9.21 Å².